The van der Waals surface area contributed by atoms with Crippen LogP contribution in [0.25, 0.3) is 0 Å². The van der Waals surface area contributed by atoms with Gasteiger partial charge in [-0.25, -0.2) is 4.79 Å². The van der Waals surface area contributed by atoms with Crippen molar-refractivity contribution in [2.75, 3.05) is 17.2 Å². The lowest BCUT2D eigenvalue weighted by Gasteiger charge is -2.23. The van der Waals surface area contributed by atoms with Gasteiger partial charge in [-0.1, -0.05) is 0 Å². The number of aromatic carboxylic acids is 1. The van der Waals surface area contributed by atoms with Gasteiger partial charge in [0, 0.05) is 13.0 Å². The van der Waals surface area contributed by atoms with Crippen molar-refractivity contribution < 1.29 is 14.7 Å². The van der Waals surface area contributed by atoms with Crippen molar-refractivity contribution in [2.45, 2.75) is 26.2 Å². The lowest BCUT2D eigenvalue weighted by atomic mass is 10.1. The molecule has 0 aliphatic heterocycles. The third-order valence-corrected chi connectivity index (χ3v) is 3.34. The maximum atomic E-state index is 12.2. The topological polar surface area (TPSA) is 83.6 Å². The van der Waals surface area contributed by atoms with Crippen LogP contribution in [0, 0.1) is 5.92 Å². The van der Waals surface area contributed by atoms with Crippen LogP contribution >= 0.6 is 0 Å². The molecule has 3 N–H and O–H groups in total. The summed E-state index contributed by atoms with van der Waals surface area (Å²) < 4.78 is 0. The van der Waals surface area contributed by atoms with Crippen molar-refractivity contribution in [1.29, 1.82) is 0 Å². The summed E-state index contributed by atoms with van der Waals surface area (Å²) in [5.74, 6) is -0.452. The van der Waals surface area contributed by atoms with Crippen LogP contribution in [0.2, 0.25) is 0 Å². The zero-order valence-electron chi connectivity index (χ0n) is 10.9. The van der Waals surface area contributed by atoms with Gasteiger partial charge in [-0.05, 0) is 43.9 Å². The number of benzene rings is 1. The largest absolute Gasteiger partial charge is 0.478 e. The molecule has 1 amide bonds. The molecule has 0 unspecified atom stereocenters. The number of carboxylic acids is 1. The number of nitrogen functional groups attached to an aromatic ring is 1. The maximum absolute atomic E-state index is 12.2. The summed E-state index contributed by atoms with van der Waals surface area (Å²) in [4.78, 5) is 24.6. The first-order chi connectivity index (χ1) is 9.02. The molecule has 0 aromatic heterocycles. The van der Waals surface area contributed by atoms with Gasteiger partial charge in [0.05, 0.1) is 16.9 Å². The molecule has 0 spiro atoms. The molecule has 5 heteroatoms. The number of anilines is 2. The number of carbonyl (C=O) groups is 2. The predicted octanol–water partition coefficient (Wildman–Crippen LogP) is 2.12. The molecule has 1 aliphatic carbocycles. The molecular weight excluding hydrogens is 244 g/mol. The van der Waals surface area contributed by atoms with Crippen LogP contribution in [0.4, 0.5) is 11.4 Å². The number of carbonyl (C=O) groups excluding carboxylic acids is 1. The minimum absolute atomic E-state index is 0.0553. The van der Waals surface area contributed by atoms with E-state index in [0.717, 1.165) is 12.8 Å². The van der Waals surface area contributed by atoms with Crippen LogP contribution < -0.4 is 10.6 Å². The average molecular weight is 262 g/mol. The fourth-order valence-corrected chi connectivity index (χ4v) is 2.09. The quantitative estimate of drug-likeness (QED) is 0.796. The zero-order chi connectivity index (χ0) is 14.0. The monoisotopic (exact) mass is 262 g/mol. The molecule has 102 valence electrons. The van der Waals surface area contributed by atoms with Crippen LogP contribution in [0.15, 0.2) is 18.2 Å². The van der Waals surface area contributed by atoms with E-state index in [1.165, 1.54) is 12.1 Å². The number of carboxylic acid groups (broad SMARTS) is 1. The average Bonchev–Trinajstić information content (AvgIpc) is 3.15. The third kappa shape index (κ3) is 3.05. The van der Waals surface area contributed by atoms with E-state index in [1.54, 1.807) is 11.0 Å². The van der Waals surface area contributed by atoms with Gasteiger partial charge >= 0.3 is 5.97 Å². The van der Waals surface area contributed by atoms with E-state index < -0.39 is 5.97 Å². The van der Waals surface area contributed by atoms with Crippen LogP contribution in [0.3, 0.4) is 0 Å². The molecule has 0 bridgehead atoms. The van der Waals surface area contributed by atoms with Gasteiger partial charge in [-0.2, -0.15) is 0 Å². The second kappa shape index (κ2) is 5.30. The molecule has 0 atom stereocenters. The number of hydrogen-bond donors (Lipinski definition) is 2. The van der Waals surface area contributed by atoms with Crippen molar-refractivity contribution in [3.05, 3.63) is 23.8 Å². The number of amides is 1. The SMILES string of the molecule is CCN(C(=O)CC1CC1)c1ccc(C(=O)O)cc1N. The lowest BCUT2D eigenvalue weighted by molar-refractivity contribution is -0.118. The van der Waals surface area contributed by atoms with Gasteiger partial charge in [0.25, 0.3) is 0 Å². The first-order valence-corrected chi connectivity index (χ1v) is 6.46. The van der Waals surface area contributed by atoms with E-state index >= 15 is 0 Å². The number of nitrogens with two attached hydrogens (primary N) is 1. The Kier molecular flexibility index (Phi) is 3.74. The number of rotatable bonds is 5. The second-order valence-electron chi connectivity index (χ2n) is 4.86. The normalized spacial score (nSPS) is 14.2. The highest BCUT2D eigenvalue weighted by atomic mass is 16.4. The second-order valence-corrected chi connectivity index (χ2v) is 4.86. The molecule has 1 aromatic rings. The Morgan fingerprint density at radius 3 is 2.58 bits per heavy atom. The Balaban J connectivity index is 2.21. The summed E-state index contributed by atoms with van der Waals surface area (Å²) in [6, 6.07) is 4.47. The first-order valence-electron chi connectivity index (χ1n) is 6.46. The number of hydrogen-bond acceptors (Lipinski definition) is 3. The molecule has 19 heavy (non-hydrogen) atoms. The first kappa shape index (κ1) is 13.4. The smallest absolute Gasteiger partial charge is 0.335 e. The fourth-order valence-electron chi connectivity index (χ4n) is 2.09. The van der Waals surface area contributed by atoms with Crippen molar-refractivity contribution in [3.63, 3.8) is 0 Å². The summed E-state index contributed by atoms with van der Waals surface area (Å²) in [5.41, 5.74) is 6.91. The van der Waals surface area contributed by atoms with Crippen LogP contribution in [0.1, 0.15) is 36.5 Å². The molecule has 0 saturated heterocycles. The van der Waals surface area contributed by atoms with Gasteiger partial charge in [-0.3, -0.25) is 4.79 Å². The molecule has 2 rings (SSSR count). The highest BCUT2D eigenvalue weighted by molar-refractivity contribution is 5.98. The van der Waals surface area contributed by atoms with E-state index in [-0.39, 0.29) is 11.5 Å². The Bertz CT molecular complexity index is 509. The third-order valence-electron chi connectivity index (χ3n) is 3.34. The van der Waals surface area contributed by atoms with Crippen molar-refractivity contribution >= 4 is 23.3 Å². The fraction of sp³-hybridized carbons (Fsp3) is 0.429. The summed E-state index contributed by atoms with van der Waals surface area (Å²) in [6.45, 7) is 2.41. The molecule has 0 radical (unpaired) electrons. The summed E-state index contributed by atoms with van der Waals surface area (Å²) in [6.07, 6.45) is 2.79. The molecule has 1 aromatic carbocycles. The van der Waals surface area contributed by atoms with Crippen molar-refractivity contribution in [3.8, 4) is 0 Å². The molecule has 0 heterocycles. The van der Waals surface area contributed by atoms with Gasteiger partial charge in [-0.15, -0.1) is 0 Å². The van der Waals surface area contributed by atoms with E-state index in [9.17, 15) is 9.59 Å². The maximum Gasteiger partial charge on any atom is 0.335 e. The van der Waals surface area contributed by atoms with E-state index in [4.69, 9.17) is 10.8 Å². The molecule has 1 aliphatic rings. The lowest BCUT2D eigenvalue weighted by Crippen LogP contribution is -2.31. The van der Waals surface area contributed by atoms with Gasteiger partial charge in [0.15, 0.2) is 0 Å². The minimum atomic E-state index is -1.02. The molecule has 5 nitrogen and oxygen atoms in total. The van der Waals surface area contributed by atoms with E-state index in [2.05, 4.69) is 0 Å². The van der Waals surface area contributed by atoms with E-state index in [1.807, 2.05) is 6.92 Å². The Hall–Kier alpha value is -2.04. The Morgan fingerprint density at radius 1 is 1.42 bits per heavy atom. The molecular formula is C14H18N2O3. The van der Waals surface area contributed by atoms with Gasteiger partial charge in [0.2, 0.25) is 5.91 Å². The summed E-state index contributed by atoms with van der Waals surface area (Å²) >= 11 is 0. The number of nitrogens with zero attached hydrogens (tertiary/aromatic N) is 1. The minimum Gasteiger partial charge on any atom is -0.478 e. The van der Waals surface area contributed by atoms with Gasteiger partial charge < -0.3 is 15.7 Å². The highest BCUT2D eigenvalue weighted by Crippen LogP contribution is 2.34. The van der Waals surface area contributed by atoms with E-state index in [0.29, 0.717) is 30.3 Å². The summed E-state index contributed by atoms with van der Waals surface area (Å²) in [7, 11) is 0. The zero-order valence-corrected chi connectivity index (χ0v) is 10.9. The molecule has 1 fully saturated rings. The standard InChI is InChI=1S/C14H18N2O3/c1-2-16(13(17)7-9-3-4-9)12-6-5-10(14(18)19)8-11(12)15/h5-6,8-9H,2-4,7,15H2,1H3,(H,18,19). The summed E-state index contributed by atoms with van der Waals surface area (Å²) in [5, 5.41) is 8.90. The molecule has 1 saturated carbocycles. The predicted molar refractivity (Wildman–Crippen MR) is 73.2 cm³/mol. The van der Waals surface area contributed by atoms with Crippen molar-refractivity contribution in [2.24, 2.45) is 5.92 Å². The van der Waals surface area contributed by atoms with Crippen molar-refractivity contribution in [1.82, 2.24) is 0 Å². The van der Waals surface area contributed by atoms with Crippen LogP contribution in [-0.4, -0.2) is 23.5 Å². The Labute approximate surface area is 112 Å². The highest BCUT2D eigenvalue weighted by Gasteiger charge is 2.27. The van der Waals surface area contributed by atoms with Gasteiger partial charge in [0.1, 0.15) is 0 Å². The Morgan fingerprint density at radius 2 is 2.11 bits per heavy atom. The van der Waals surface area contributed by atoms with Crippen LogP contribution in [-0.2, 0) is 4.79 Å². The van der Waals surface area contributed by atoms with Crippen LogP contribution in [0.5, 0.6) is 0 Å².